The van der Waals surface area contributed by atoms with Crippen molar-refractivity contribution < 1.29 is 9.53 Å². The average molecular weight is 240 g/mol. The zero-order valence-electron chi connectivity index (χ0n) is 11.3. The van der Waals surface area contributed by atoms with Gasteiger partial charge in [0.1, 0.15) is 0 Å². The SMILES string of the molecule is CC(C)C1NC(C)N(C2CCOCC2C)C1=O. The third kappa shape index (κ3) is 2.33. The predicted molar refractivity (Wildman–Crippen MR) is 66.5 cm³/mol. The Morgan fingerprint density at radius 3 is 2.65 bits per heavy atom. The van der Waals surface area contributed by atoms with Gasteiger partial charge in [0, 0.05) is 18.6 Å². The Morgan fingerprint density at radius 1 is 1.41 bits per heavy atom. The largest absolute Gasteiger partial charge is 0.381 e. The topological polar surface area (TPSA) is 41.6 Å². The van der Waals surface area contributed by atoms with E-state index < -0.39 is 0 Å². The van der Waals surface area contributed by atoms with Gasteiger partial charge in [-0.05, 0) is 19.3 Å². The fourth-order valence-electron chi connectivity index (χ4n) is 2.97. The van der Waals surface area contributed by atoms with Crippen LogP contribution in [0.1, 0.15) is 34.1 Å². The van der Waals surface area contributed by atoms with Crippen molar-refractivity contribution in [1.29, 1.82) is 0 Å². The Bertz CT molecular complexity index is 293. The van der Waals surface area contributed by atoms with E-state index in [1.54, 1.807) is 0 Å². The van der Waals surface area contributed by atoms with Gasteiger partial charge in [-0.15, -0.1) is 0 Å². The maximum Gasteiger partial charge on any atom is 0.241 e. The Labute approximate surface area is 104 Å². The van der Waals surface area contributed by atoms with Crippen LogP contribution in [0, 0.1) is 11.8 Å². The highest BCUT2D eigenvalue weighted by Crippen LogP contribution is 2.27. The van der Waals surface area contributed by atoms with Crippen molar-refractivity contribution in [2.24, 2.45) is 11.8 Å². The summed E-state index contributed by atoms with van der Waals surface area (Å²) in [5.74, 6) is 1.05. The number of nitrogens with one attached hydrogen (secondary N) is 1. The molecule has 1 amide bonds. The van der Waals surface area contributed by atoms with Crippen LogP contribution in [0.5, 0.6) is 0 Å². The van der Waals surface area contributed by atoms with E-state index in [9.17, 15) is 4.79 Å². The molecule has 2 aliphatic rings. The minimum atomic E-state index is -0.0138. The first kappa shape index (κ1) is 12.8. The second-order valence-corrected chi connectivity index (χ2v) is 5.72. The zero-order valence-corrected chi connectivity index (χ0v) is 11.3. The Kier molecular flexibility index (Phi) is 3.73. The monoisotopic (exact) mass is 240 g/mol. The first-order chi connectivity index (χ1) is 8.02. The van der Waals surface area contributed by atoms with Crippen LogP contribution in [0.15, 0.2) is 0 Å². The summed E-state index contributed by atoms with van der Waals surface area (Å²) in [7, 11) is 0. The number of amides is 1. The molecule has 4 unspecified atom stereocenters. The highest BCUT2D eigenvalue weighted by Gasteiger charge is 2.43. The molecule has 4 heteroatoms. The summed E-state index contributed by atoms with van der Waals surface area (Å²) in [5, 5.41) is 3.41. The molecule has 98 valence electrons. The molecule has 0 aromatic carbocycles. The standard InChI is InChI=1S/C13H24N2O2/c1-8(2)12-13(16)15(10(4)14-12)11-5-6-17-7-9(11)3/h8-12,14H,5-7H2,1-4H3. The van der Waals surface area contributed by atoms with Gasteiger partial charge in [-0.3, -0.25) is 10.1 Å². The van der Waals surface area contributed by atoms with Crippen LogP contribution >= 0.6 is 0 Å². The lowest BCUT2D eigenvalue weighted by molar-refractivity contribution is -0.136. The molecular formula is C13H24N2O2. The second kappa shape index (κ2) is 4.94. The van der Waals surface area contributed by atoms with Crippen LogP contribution in [-0.2, 0) is 9.53 Å². The lowest BCUT2D eigenvalue weighted by Gasteiger charge is -2.38. The van der Waals surface area contributed by atoms with Gasteiger partial charge in [0.25, 0.3) is 0 Å². The van der Waals surface area contributed by atoms with Crippen LogP contribution in [0.2, 0.25) is 0 Å². The van der Waals surface area contributed by atoms with Crippen LogP contribution in [0.3, 0.4) is 0 Å². The lowest BCUT2D eigenvalue weighted by Crippen LogP contribution is -2.49. The van der Waals surface area contributed by atoms with E-state index in [-0.39, 0.29) is 18.1 Å². The molecule has 2 rings (SSSR count). The molecule has 2 heterocycles. The Balaban J connectivity index is 2.12. The van der Waals surface area contributed by atoms with E-state index in [4.69, 9.17) is 4.74 Å². The molecule has 17 heavy (non-hydrogen) atoms. The van der Waals surface area contributed by atoms with Crippen molar-refractivity contribution in [3.05, 3.63) is 0 Å². The van der Waals surface area contributed by atoms with Crippen molar-refractivity contribution in [2.45, 2.75) is 52.4 Å². The first-order valence-corrected chi connectivity index (χ1v) is 6.68. The van der Waals surface area contributed by atoms with Crippen molar-refractivity contribution in [2.75, 3.05) is 13.2 Å². The maximum atomic E-state index is 12.4. The van der Waals surface area contributed by atoms with E-state index in [1.807, 2.05) is 0 Å². The molecule has 2 saturated heterocycles. The number of carbonyl (C=O) groups excluding carboxylic acids is 1. The number of nitrogens with zero attached hydrogens (tertiary/aromatic N) is 1. The first-order valence-electron chi connectivity index (χ1n) is 6.68. The number of hydrogen-bond donors (Lipinski definition) is 1. The highest BCUT2D eigenvalue weighted by atomic mass is 16.5. The number of hydrogen-bond acceptors (Lipinski definition) is 3. The average Bonchev–Trinajstić information content (AvgIpc) is 2.56. The van der Waals surface area contributed by atoms with E-state index in [0.717, 1.165) is 19.6 Å². The summed E-state index contributed by atoms with van der Waals surface area (Å²) in [6.07, 6.45) is 1.12. The van der Waals surface area contributed by atoms with Crippen molar-refractivity contribution in [3.8, 4) is 0 Å². The van der Waals surface area contributed by atoms with Gasteiger partial charge >= 0.3 is 0 Å². The summed E-state index contributed by atoms with van der Waals surface area (Å²) in [4.78, 5) is 14.5. The van der Waals surface area contributed by atoms with E-state index in [1.165, 1.54) is 0 Å². The van der Waals surface area contributed by atoms with Crippen LogP contribution in [-0.4, -0.2) is 42.3 Å². The Morgan fingerprint density at radius 2 is 2.12 bits per heavy atom. The normalized spacial score (nSPS) is 39.1. The van der Waals surface area contributed by atoms with Gasteiger partial charge in [-0.2, -0.15) is 0 Å². The maximum absolute atomic E-state index is 12.4. The van der Waals surface area contributed by atoms with Crippen LogP contribution in [0.25, 0.3) is 0 Å². The molecule has 0 radical (unpaired) electrons. The molecule has 1 N–H and O–H groups in total. The fraction of sp³-hybridized carbons (Fsp3) is 0.923. The number of carbonyl (C=O) groups is 1. The molecule has 2 aliphatic heterocycles. The van der Waals surface area contributed by atoms with Crippen LogP contribution < -0.4 is 5.32 Å². The quantitative estimate of drug-likeness (QED) is 0.789. The third-order valence-electron chi connectivity index (χ3n) is 3.98. The second-order valence-electron chi connectivity index (χ2n) is 5.72. The summed E-state index contributed by atoms with van der Waals surface area (Å²) in [5.41, 5.74) is 0. The number of rotatable bonds is 2. The summed E-state index contributed by atoms with van der Waals surface area (Å²) < 4.78 is 5.46. The molecule has 0 spiro atoms. The Hall–Kier alpha value is -0.610. The minimum absolute atomic E-state index is 0.0138. The van der Waals surface area contributed by atoms with Gasteiger partial charge in [0.05, 0.1) is 18.8 Å². The lowest BCUT2D eigenvalue weighted by atomic mass is 9.95. The van der Waals surface area contributed by atoms with Crippen molar-refractivity contribution >= 4 is 5.91 Å². The third-order valence-corrected chi connectivity index (χ3v) is 3.98. The van der Waals surface area contributed by atoms with Crippen LogP contribution in [0.4, 0.5) is 0 Å². The molecule has 0 aliphatic carbocycles. The number of ether oxygens (including phenoxy) is 1. The van der Waals surface area contributed by atoms with E-state index in [2.05, 4.69) is 37.9 Å². The van der Waals surface area contributed by atoms with Gasteiger partial charge in [-0.25, -0.2) is 0 Å². The highest BCUT2D eigenvalue weighted by molar-refractivity contribution is 5.84. The van der Waals surface area contributed by atoms with Gasteiger partial charge in [-0.1, -0.05) is 20.8 Å². The molecule has 0 aromatic rings. The summed E-state index contributed by atoms with van der Waals surface area (Å²) >= 11 is 0. The predicted octanol–water partition coefficient (Wildman–Crippen LogP) is 1.21. The van der Waals surface area contributed by atoms with Gasteiger partial charge in [0.2, 0.25) is 5.91 Å². The molecular weight excluding hydrogens is 216 g/mol. The van der Waals surface area contributed by atoms with E-state index in [0.29, 0.717) is 17.9 Å². The van der Waals surface area contributed by atoms with E-state index >= 15 is 0 Å². The molecule has 0 bridgehead atoms. The molecule has 4 nitrogen and oxygen atoms in total. The smallest absolute Gasteiger partial charge is 0.241 e. The van der Waals surface area contributed by atoms with Gasteiger partial charge < -0.3 is 9.64 Å². The molecule has 0 saturated carbocycles. The molecule has 0 aromatic heterocycles. The van der Waals surface area contributed by atoms with Crippen molar-refractivity contribution in [1.82, 2.24) is 10.2 Å². The zero-order chi connectivity index (χ0) is 12.6. The summed E-state index contributed by atoms with van der Waals surface area (Å²) in [6.45, 7) is 10.00. The molecule has 2 fully saturated rings. The fourth-order valence-corrected chi connectivity index (χ4v) is 2.97. The van der Waals surface area contributed by atoms with Gasteiger partial charge in [0.15, 0.2) is 0 Å². The van der Waals surface area contributed by atoms with Crippen molar-refractivity contribution in [3.63, 3.8) is 0 Å². The summed E-state index contributed by atoms with van der Waals surface area (Å²) in [6, 6.07) is 0.322. The molecule has 4 atom stereocenters. The minimum Gasteiger partial charge on any atom is -0.381 e.